The van der Waals surface area contributed by atoms with Crippen molar-refractivity contribution in [1.82, 2.24) is 0 Å². The molecule has 2 unspecified atom stereocenters. The van der Waals surface area contributed by atoms with Crippen LogP contribution in [0.4, 0.5) is 0 Å². The molecule has 2 atom stereocenters. The Balaban J connectivity index is 2.27. The Bertz CT molecular complexity index is 496. The van der Waals surface area contributed by atoms with E-state index in [1.807, 2.05) is 18.2 Å². The van der Waals surface area contributed by atoms with E-state index in [-0.39, 0.29) is 12.0 Å². The van der Waals surface area contributed by atoms with E-state index in [1.54, 1.807) is 12.1 Å². The number of carbonyl (C=O) groups excluding carboxylic acids is 1. The summed E-state index contributed by atoms with van der Waals surface area (Å²) in [5.74, 6) is 0.500. The van der Waals surface area contributed by atoms with Crippen molar-refractivity contribution in [1.29, 1.82) is 0 Å². The molecule has 1 aromatic rings. The number of hydrogen-bond donors (Lipinski definition) is 0. The monoisotopic (exact) mass is 303 g/mol. The van der Waals surface area contributed by atoms with Gasteiger partial charge in [-0.2, -0.15) is 0 Å². The first-order valence-corrected chi connectivity index (χ1v) is 7.81. The van der Waals surface area contributed by atoms with Crippen LogP contribution < -0.4 is 0 Å². The molecule has 120 valence electrons. The lowest BCUT2D eigenvalue weighted by molar-refractivity contribution is 0.0483. The summed E-state index contributed by atoms with van der Waals surface area (Å²) in [6.45, 7) is 6.67. The van der Waals surface area contributed by atoms with E-state index in [2.05, 4.69) is 30.8 Å². The van der Waals surface area contributed by atoms with Gasteiger partial charge >= 0.3 is 5.97 Å². The fourth-order valence-corrected chi connectivity index (χ4v) is 2.20. The van der Waals surface area contributed by atoms with Crippen molar-refractivity contribution in [2.24, 2.45) is 17.0 Å². The first-order chi connectivity index (χ1) is 10.5. The minimum absolute atomic E-state index is 0.0410. The van der Waals surface area contributed by atoms with Gasteiger partial charge in [0.1, 0.15) is 0 Å². The molecule has 5 nitrogen and oxygen atoms in total. The zero-order valence-corrected chi connectivity index (χ0v) is 13.6. The third-order valence-corrected chi connectivity index (χ3v) is 3.78. The topological polar surface area (TPSA) is 75.1 Å². The Hall–Kier alpha value is -2.00. The second-order valence-electron chi connectivity index (χ2n) is 5.99. The van der Waals surface area contributed by atoms with E-state index in [1.165, 1.54) is 0 Å². The summed E-state index contributed by atoms with van der Waals surface area (Å²) >= 11 is 0. The first-order valence-electron chi connectivity index (χ1n) is 7.81. The van der Waals surface area contributed by atoms with Crippen molar-refractivity contribution in [3.8, 4) is 0 Å². The quantitative estimate of drug-likeness (QED) is 0.279. The number of ether oxygens (including phenoxy) is 1. The van der Waals surface area contributed by atoms with Gasteiger partial charge in [0, 0.05) is 11.0 Å². The summed E-state index contributed by atoms with van der Waals surface area (Å²) in [7, 11) is 0. The van der Waals surface area contributed by atoms with Crippen molar-refractivity contribution in [3.05, 3.63) is 46.3 Å². The first kappa shape index (κ1) is 18.1. The molecule has 5 heteroatoms. The van der Waals surface area contributed by atoms with Gasteiger partial charge in [-0.15, -0.1) is 0 Å². The minimum Gasteiger partial charge on any atom is -0.462 e. The van der Waals surface area contributed by atoms with Gasteiger partial charge in [-0.3, -0.25) is 0 Å². The van der Waals surface area contributed by atoms with Crippen LogP contribution in [-0.2, 0) is 4.74 Å². The second-order valence-corrected chi connectivity index (χ2v) is 5.99. The Kier molecular flexibility index (Phi) is 8.08. The van der Waals surface area contributed by atoms with Crippen molar-refractivity contribution in [3.63, 3.8) is 0 Å². The summed E-state index contributed by atoms with van der Waals surface area (Å²) in [5.41, 5.74) is 9.14. The van der Waals surface area contributed by atoms with Crippen molar-refractivity contribution in [2.75, 3.05) is 6.61 Å². The third kappa shape index (κ3) is 6.64. The van der Waals surface area contributed by atoms with Gasteiger partial charge in [-0.25, -0.2) is 4.79 Å². The predicted molar refractivity (Wildman–Crippen MR) is 87.5 cm³/mol. The maximum Gasteiger partial charge on any atom is 0.338 e. The summed E-state index contributed by atoms with van der Waals surface area (Å²) in [5, 5.41) is 3.84. The fraction of sp³-hybridized carbons (Fsp3) is 0.588. The Labute approximate surface area is 132 Å². The van der Waals surface area contributed by atoms with Crippen LogP contribution in [0.1, 0.15) is 50.4 Å². The zero-order chi connectivity index (χ0) is 16.4. The lowest BCUT2D eigenvalue weighted by Crippen LogP contribution is -2.14. The van der Waals surface area contributed by atoms with E-state index in [4.69, 9.17) is 10.3 Å². The number of carbonyl (C=O) groups is 1. The molecule has 0 aliphatic rings. The molecule has 22 heavy (non-hydrogen) atoms. The lowest BCUT2D eigenvalue weighted by atomic mass is 9.94. The Morgan fingerprint density at radius 2 is 1.86 bits per heavy atom. The summed E-state index contributed by atoms with van der Waals surface area (Å²) in [6, 6.07) is 9.05. The fourth-order valence-electron chi connectivity index (χ4n) is 2.20. The van der Waals surface area contributed by atoms with Gasteiger partial charge in [-0.1, -0.05) is 50.5 Å². The van der Waals surface area contributed by atoms with Crippen molar-refractivity contribution < 1.29 is 9.53 Å². The molecule has 0 aromatic heterocycles. The average molecular weight is 303 g/mol. The van der Waals surface area contributed by atoms with Gasteiger partial charge in [0.15, 0.2) is 0 Å². The normalized spacial score (nSPS) is 13.3. The SMILES string of the molecule is CC(CCOC(=O)c1ccccc1)CCC(N=[N+]=[N-])C(C)C. The minimum atomic E-state index is -0.276. The summed E-state index contributed by atoms with van der Waals surface area (Å²) in [6.07, 6.45) is 2.65. The molecule has 1 rings (SSSR count). The van der Waals surface area contributed by atoms with Crippen LogP contribution in [0.2, 0.25) is 0 Å². The van der Waals surface area contributed by atoms with Crippen LogP contribution in [0.5, 0.6) is 0 Å². The van der Waals surface area contributed by atoms with Crippen molar-refractivity contribution in [2.45, 2.75) is 46.1 Å². The number of azide groups is 1. The van der Waals surface area contributed by atoms with Crippen LogP contribution in [0.15, 0.2) is 35.4 Å². The molecule has 0 amide bonds. The molecular formula is C17H25N3O2. The molecule has 0 N–H and O–H groups in total. The van der Waals surface area contributed by atoms with Crippen molar-refractivity contribution >= 4 is 5.97 Å². The molecule has 0 bridgehead atoms. The average Bonchev–Trinajstić information content (AvgIpc) is 2.51. The second kappa shape index (κ2) is 9.85. The number of esters is 1. The van der Waals surface area contributed by atoms with E-state index in [0.717, 1.165) is 19.3 Å². The molecule has 0 heterocycles. The number of benzene rings is 1. The van der Waals surface area contributed by atoms with Crippen LogP contribution in [0.25, 0.3) is 10.4 Å². The zero-order valence-electron chi connectivity index (χ0n) is 13.6. The molecule has 0 fully saturated rings. The number of hydrogen-bond acceptors (Lipinski definition) is 3. The maximum absolute atomic E-state index is 11.8. The van der Waals surface area contributed by atoms with E-state index in [0.29, 0.717) is 24.0 Å². The van der Waals surface area contributed by atoms with Gasteiger partial charge in [0.25, 0.3) is 0 Å². The highest BCUT2D eigenvalue weighted by atomic mass is 16.5. The molecule has 0 aliphatic heterocycles. The smallest absolute Gasteiger partial charge is 0.338 e. The highest BCUT2D eigenvalue weighted by molar-refractivity contribution is 5.89. The largest absolute Gasteiger partial charge is 0.462 e. The molecule has 0 saturated carbocycles. The number of nitrogens with zero attached hydrogens (tertiary/aromatic N) is 3. The van der Waals surface area contributed by atoms with Crippen LogP contribution >= 0.6 is 0 Å². The van der Waals surface area contributed by atoms with Crippen LogP contribution in [-0.4, -0.2) is 18.6 Å². The van der Waals surface area contributed by atoms with Gasteiger partial charge in [-0.05, 0) is 42.3 Å². The summed E-state index contributed by atoms with van der Waals surface area (Å²) < 4.78 is 5.28. The maximum atomic E-state index is 11.8. The standard InChI is InChI=1S/C17H25N3O2/c1-13(2)16(19-20-18)10-9-14(3)11-12-22-17(21)15-7-5-4-6-8-15/h4-8,13-14,16H,9-12H2,1-3H3. The van der Waals surface area contributed by atoms with Gasteiger partial charge in [0.2, 0.25) is 0 Å². The van der Waals surface area contributed by atoms with E-state index < -0.39 is 0 Å². The highest BCUT2D eigenvalue weighted by Gasteiger charge is 2.14. The van der Waals surface area contributed by atoms with Crippen LogP contribution in [0.3, 0.4) is 0 Å². The highest BCUT2D eigenvalue weighted by Crippen LogP contribution is 2.19. The van der Waals surface area contributed by atoms with E-state index >= 15 is 0 Å². The summed E-state index contributed by atoms with van der Waals surface area (Å²) in [4.78, 5) is 14.7. The van der Waals surface area contributed by atoms with Gasteiger partial charge < -0.3 is 4.74 Å². The molecule has 0 radical (unpaired) electrons. The predicted octanol–water partition coefficient (Wildman–Crippen LogP) is 4.98. The Morgan fingerprint density at radius 1 is 1.18 bits per heavy atom. The molecule has 0 spiro atoms. The van der Waals surface area contributed by atoms with E-state index in [9.17, 15) is 4.79 Å². The third-order valence-electron chi connectivity index (χ3n) is 3.78. The molecule has 0 saturated heterocycles. The molecule has 1 aromatic carbocycles. The number of rotatable bonds is 9. The molecule has 0 aliphatic carbocycles. The molecular weight excluding hydrogens is 278 g/mol. The van der Waals surface area contributed by atoms with Gasteiger partial charge in [0.05, 0.1) is 12.2 Å². The Morgan fingerprint density at radius 3 is 2.45 bits per heavy atom. The lowest BCUT2D eigenvalue weighted by Gasteiger charge is -2.18. The van der Waals surface area contributed by atoms with Crippen LogP contribution in [0, 0.1) is 11.8 Å².